The van der Waals surface area contributed by atoms with Crippen molar-refractivity contribution in [1.29, 1.82) is 0 Å². The molecule has 18 heavy (non-hydrogen) atoms. The molecule has 5 nitrogen and oxygen atoms in total. The molecular weight excluding hydrogens is 252 g/mol. The number of pyridine rings is 1. The number of rotatable bonds is 2. The van der Waals surface area contributed by atoms with Gasteiger partial charge < -0.3 is 9.84 Å². The first-order valence-corrected chi connectivity index (χ1v) is 6.11. The molecule has 1 fully saturated rings. The van der Waals surface area contributed by atoms with Crippen molar-refractivity contribution in [2.24, 2.45) is 0 Å². The molecule has 0 bridgehead atoms. The number of nitrogens with zero attached hydrogens (tertiary/aromatic N) is 3. The third-order valence-electron chi connectivity index (χ3n) is 3.10. The van der Waals surface area contributed by atoms with E-state index < -0.39 is 0 Å². The van der Waals surface area contributed by atoms with E-state index in [1.54, 1.807) is 12.4 Å². The van der Waals surface area contributed by atoms with Crippen LogP contribution < -0.4 is 5.59 Å². The van der Waals surface area contributed by atoms with E-state index in [4.69, 9.17) is 29.3 Å². The summed E-state index contributed by atoms with van der Waals surface area (Å²) in [6.45, 7) is 0.0272. The van der Waals surface area contributed by atoms with Gasteiger partial charge in [-0.05, 0) is 24.5 Å². The van der Waals surface area contributed by atoms with Crippen molar-refractivity contribution in [3.63, 3.8) is 0 Å². The van der Waals surface area contributed by atoms with Crippen molar-refractivity contribution < 1.29 is 9.84 Å². The van der Waals surface area contributed by atoms with Gasteiger partial charge in [0.15, 0.2) is 5.65 Å². The lowest BCUT2D eigenvalue weighted by Gasteiger charge is -2.14. The van der Waals surface area contributed by atoms with Crippen molar-refractivity contribution in [3.05, 3.63) is 17.4 Å². The lowest BCUT2D eigenvalue weighted by Crippen LogP contribution is -2.15. The SMILES string of the molecule is [B]c1cc(Cl)c2ncn(C3CCC(CO)O3)c2n1. The maximum atomic E-state index is 9.08. The zero-order chi connectivity index (χ0) is 12.7. The number of hydrogen-bond acceptors (Lipinski definition) is 4. The Labute approximate surface area is 110 Å². The summed E-state index contributed by atoms with van der Waals surface area (Å²) in [5.74, 6) is 0. The maximum absolute atomic E-state index is 9.08. The summed E-state index contributed by atoms with van der Waals surface area (Å²) in [5.41, 5.74) is 1.58. The summed E-state index contributed by atoms with van der Waals surface area (Å²) >= 11 is 6.06. The Kier molecular flexibility index (Phi) is 3.01. The van der Waals surface area contributed by atoms with Crippen LogP contribution in [0.15, 0.2) is 12.4 Å². The van der Waals surface area contributed by atoms with Crippen molar-refractivity contribution in [3.8, 4) is 0 Å². The minimum Gasteiger partial charge on any atom is -0.394 e. The van der Waals surface area contributed by atoms with E-state index in [-0.39, 0.29) is 18.9 Å². The molecule has 2 unspecified atom stereocenters. The Morgan fingerprint density at radius 1 is 1.56 bits per heavy atom. The molecule has 1 aliphatic rings. The van der Waals surface area contributed by atoms with Crippen LogP contribution in [-0.2, 0) is 4.74 Å². The van der Waals surface area contributed by atoms with Crippen LogP contribution in [0.5, 0.6) is 0 Å². The van der Waals surface area contributed by atoms with E-state index >= 15 is 0 Å². The number of ether oxygens (including phenoxy) is 1. The van der Waals surface area contributed by atoms with E-state index in [2.05, 4.69) is 9.97 Å². The van der Waals surface area contributed by atoms with Crippen LogP contribution in [-0.4, -0.2) is 40.2 Å². The third-order valence-corrected chi connectivity index (χ3v) is 3.39. The lowest BCUT2D eigenvalue weighted by atomic mass is 10.0. The number of aromatic nitrogens is 3. The molecule has 0 aliphatic carbocycles. The van der Waals surface area contributed by atoms with Gasteiger partial charge in [-0.1, -0.05) is 11.6 Å². The summed E-state index contributed by atoms with van der Waals surface area (Å²) in [5, 5.41) is 9.56. The topological polar surface area (TPSA) is 60.2 Å². The molecule has 2 atom stereocenters. The summed E-state index contributed by atoms with van der Waals surface area (Å²) < 4.78 is 7.50. The van der Waals surface area contributed by atoms with Crippen LogP contribution >= 0.6 is 11.6 Å². The van der Waals surface area contributed by atoms with Gasteiger partial charge in [0.25, 0.3) is 0 Å². The Bertz CT molecular complexity index is 589. The molecule has 1 saturated heterocycles. The van der Waals surface area contributed by atoms with Gasteiger partial charge in [-0.3, -0.25) is 4.57 Å². The van der Waals surface area contributed by atoms with Gasteiger partial charge in [-0.2, -0.15) is 0 Å². The summed E-state index contributed by atoms with van der Waals surface area (Å²) in [6.07, 6.45) is 2.98. The first-order chi connectivity index (χ1) is 8.69. The predicted molar refractivity (Wildman–Crippen MR) is 68.2 cm³/mol. The quantitative estimate of drug-likeness (QED) is 0.804. The van der Waals surface area contributed by atoms with E-state index in [0.29, 0.717) is 21.8 Å². The van der Waals surface area contributed by atoms with Gasteiger partial charge in [0.05, 0.1) is 24.1 Å². The first kappa shape index (κ1) is 12.0. The Morgan fingerprint density at radius 2 is 2.39 bits per heavy atom. The molecule has 0 amide bonds. The molecule has 7 heteroatoms. The largest absolute Gasteiger partial charge is 0.394 e. The van der Waals surface area contributed by atoms with Gasteiger partial charge >= 0.3 is 0 Å². The molecule has 92 valence electrons. The van der Waals surface area contributed by atoms with Crippen LogP contribution in [0.1, 0.15) is 19.1 Å². The maximum Gasteiger partial charge on any atom is 0.162 e. The van der Waals surface area contributed by atoms with E-state index in [1.807, 2.05) is 4.57 Å². The number of aliphatic hydroxyl groups excluding tert-OH is 1. The van der Waals surface area contributed by atoms with Crippen LogP contribution in [0, 0.1) is 0 Å². The highest BCUT2D eigenvalue weighted by Gasteiger charge is 2.27. The second kappa shape index (κ2) is 4.53. The van der Waals surface area contributed by atoms with E-state index in [1.165, 1.54) is 0 Å². The summed E-state index contributed by atoms with van der Waals surface area (Å²) in [4.78, 5) is 8.47. The predicted octanol–water partition coefficient (Wildman–Crippen LogP) is 0.548. The zero-order valence-corrected chi connectivity index (χ0v) is 10.3. The van der Waals surface area contributed by atoms with Gasteiger partial charge in [-0.25, -0.2) is 9.97 Å². The van der Waals surface area contributed by atoms with Gasteiger partial charge in [0.2, 0.25) is 0 Å². The minimum atomic E-state index is -0.169. The van der Waals surface area contributed by atoms with Gasteiger partial charge in [-0.15, -0.1) is 0 Å². The van der Waals surface area contributed by atoms with Gasteiger partial charge in [0.1, 0.15) is 19.6 Å². The molecule has 3 heterocycles. The number of halogens is 1. The monoisotopic (exact) mass is 263 g/mol. The molecule has 0 saturated carbocycles. The highest BCUT2D eigenvalue weighted by molar-refractivity contribution is 6.38. The van der Waals surface area contributed by atoms with E-state index in [9.17, 15) is 0 Å². The second-order valence-electron chi connectivity index (χ2n) is 4.33. The normalized spacial score (nSPS) is 23.9. The number of aliphatic hydroxyl groups is 1. The highest BCUT2D eigenvalue weighted by Crippen LogP contribution is 2.31. The van der Waals surface area contributed by atoms with Gasteiger partial charge in [0, 0.05) is 0 Å². The fraction of sp³-hybridized carbons (Fsp3) is 0.455. The second-order valence-corrected chi connectivity index (χ2v) is 4.73. The fourth-order valence-corrected chi connectivity index (χ4v) is 2.47. The average molecular weight is 263 g/mol. The lowest BCUT2D eigenvalue weighted by molar-refractivity contribution is -0.0207. The molecule has 1 aliphatic heterocycles. The Balaban J connectivity index is 2.03. The standard InChI is InChI=1S/C11H11BClN3O2/c12-8-3-7(13)10-11(15-8)16(5-14-10)9-2-1-6(4-17)18-9/h3,5-6,9,17H,1-2,4H2. The van der Waals surface area contributed by atoms with Crippen molar-refractivity contribution >= 4 is 36.2 Å². The Morgan fingerprint density at radius 3 is 3.11 bits per heavy atom. The van der Waals surface area contributed by atoms with Crippen LogP contribution in [0.4, 0.5) is 0 Å². The Hall–Kier alpha value is -1.11. The number of hydrogen-bond donors (Lipinski definition) is 1. The molecule has 2 radical (unpaired) electrons. The average Bonchev–Trinajstić information content (AvgIpc) is 2.93. The number of fused-ring (bicyclic) bond motifs is 1. The zero-order valence-electron chi connectivity index (χ0n) is 9.58. The minimum absolute atomic E-state index is 0.0272. The highest BCUT2D eigenvalue weighted by atomic mass is 35.5. The van der Waals surface area contributed by atoms with Crippen molar-refractivity contribution in [2.75, 3.05) is 6.61 Å². The number of imidazole rings is 1. The molecule has 1 N–H and O–H groups in total. The molecule has 2 aromatic rings. The molecule has 3 rings (SSSR count). The smallest absolute Gasteiger partial charge is 0.162 e. The molecule has 0 spiro atoms. The van der Waals surface area contributed by atoms with Crippen LogP contribution in [0.3, 0.4) is 0 Å². The van der Waals surface area contributed by atoms with Crippen molar-refractivity contribution in [1.82, 2.24) is 14.5 Å². The molecular formula is C11H11BClN3O2. The van der Waals surface area contributed by atoms with Crippen LogP contribution in [0.2, 0.25) is 5.02 Å². The van der Waals surface area contributed by atoms with E-state index in [0.717, 1.165) is 12.8 Å². The third kappa shape index (κ3) is 1.90. The first-order valence-electron chi connectivity index (χ1n) is 5.74. The van der Waals surface area contributed by atoms with Crippen molar-refractivity contribution in [2.45, 2.75) is 25.2 Å². The fourth-order valence-electron chi connectivity index (χ4n) is 2.22. The summed E-state index contributed by atoms with van der Waals surface area (Å²) in [7, 11) is 5.69. The summed E-state index contributed by atoms with van der Waals surface area (Å²) in [6, 6.07) is 1.58. The van der Waals surface area contributed by atoms with Crippen LogP contribution in [0.25, 0.3) is 11.2 Å². The molecule has 0 aromatic carbocycles. The molecule has 2 aromatic heterocycles.